The van der Waals surface area contributed by atoms with Crippen LogP contribution in [0, 0.1) is 29.4 Å². The Balaban J connectivity index is 1.35. The molecule has 0 amide bonds. The molecule has 2 fully saturated rings. The lowest BCUT2D eigenvalue weighted by atomic mass is 9.80. The molecule has 0 N–H and O–H groups in total. The highest BCUT2D eigenvalue weighted by molar-refractivity contribution is 5.35. The summed E-state index contributed by atoms with van der Waals surface area (Å²) in [5.74, 6) is -2.17. The van der Waals surface area contributed by atoms with Crippen LogP contribution in [-0.2, 0) is 4.74 Å². The number of halogens is 4. The van der Waals surface area contributed by atoms with Crippen LogP contribution in [0.2, 0.25) is 0 Å². The first-order chi connectivity index (χ1) is 16.3. The second-order valence-electron chi connectivity index (χ2n) is 10.1. The van der Waals surface area contributed by atoms with Crippen LogP contribution in [-0.4, -0.2) is 25.4 Å². The Kier molecular flexibility index (Phi) is 10.3. The zero-order valence-corrected chi connectivity index (χ0v) is 20.6. The summed E-state index contributed by atoms with van der Waals surface area (Å²) in [6.45, 7) is 4.83. The van der Waals surface area contributed by atoms with Crippen molar-refractivity contribution in [2.24, 2.45) is 17.8 Å². The SMILES string of the molecule is CCCC1CCC(COC2CCC(CCC(F)(F)Oc3ccc(OCC)c(F)c3F)CC2)CC1. The number of hydrogen-bond donors (Lipinski definition) is 0. The first-order valence-electron chi connectivity index (χ1n) is 13.1. The lowest BCUT2D eigenvalue weighted by Gasteiger charge is -2.32. The Morgan fingerprint density at radius 3 is 2.00 bits per heavy atom. The Morgan fingerprint density at radius 2 is 1.35 bits per heavy atom. The van der Waals surface area contributed by atoms with Crippen LogP contribution < -0.4 is 9.47 Å². The molecule has 0 atom stereocenters. The molecular weight excluding hydrogens is 448 g/mol. The van der Waals surface area contributed by atoms with E-state index in [0.29, 0.717) is 5.92 Å². The molecular formula is C27H40F4O3. The van der Waals surface area contributed by atoms with Gasteiger partial charge in [0, 0.05) is 6.61 Å². The number of benzene rings is 1. The molecule has 0 unspecified atom stereocenters. The predicted octanol–water partition coefficient (Wildman–Crippen LogP) is 8.30. The van der Waals surface area contributed by atoms with E-state index in [-0.39, 0.29) is 30.8 Å². The van der Waals surface area contributed by atoms with Gasteiger partial charge in [0.25, 0.3) is 0 Å². The molecule has 3 nitrogen and oxygen atoms in total. The molecule has 34 heavy (non-hydrogen) atoms. The Morgan fingerprint density at radius 1 is 0.794 bits per heavy atom. The molecule has 0 heterocycles. The fraction of sp³-hybridized carbons (Fsp3) is 0.778. The summed E-state index contributed by atoms with van der Waals surface area (Å²) >= 11 is 0. The van der Waals surface area contributed by atoms with Crippen molar-refractivity contribution in [2.75, 3.05) is 13.2 Å². The monoisotopic (exact) mass is 488 g/mol. The molecule has 0 bridgehead atoms. The Bertz CT molecular complexity index is 742. The highest BCUT2D eigenvalue weighted by Gasteiger charge is 2.35. The smallest absolute Gasteiger partial charge is 0.397 e. The van der Waals surface area contributed by atoms with Crippen molar-refractivity contribution in [3.63, 3.8) is 0 Å². The minimum atomic E-state index is -3.57. The van der Waals surface area contributed by atoms with Gasteiger partial charge in [-0.1, -0.05) is 32.6 Å². The summed E-state index contributed by atoms with van der Waals surface area (Å²) in [6.07, 6.45) is 7.64. The van der Waals surface area contributed by atoms with Crippen molar-refractivity contribution in [2.45, 2.75) is 103 Å². The van der Waals surface area contributed by atoms with E-state index in [1.54, 1.807) is 6.92 Å². The van der Waals surface area contributed by atoms with Crippen LogP contribution in [0.3, 0.4) is 0 Å². The van der Waals surface area contributed by atoms with Gasteiger partial charge in [0.05, 0.1) is 19.1 Å². The van der Waals surface area contributed by atoms with E-state index in [9.17, 15) is 17.6 Å². The second kappa shape index (κ2) is 13.0. The molecule has 2 saturated carbocycles. The number of hydrogen-bond acceptors (Lipinski definition) is 3. The lowest BCUT2D eigenvalue weighted by molar-refractivity contribution is -0.185. The van der Waals surface area contributed by atoms with E-state index in [0.717, 1.165) is 50.3 Å². The third-order valence-corrected chi connectivity index (χ3v) is 7.44. The number of rotatable bonds is 12. The summed E-state index contributed by atoms with van der Waals surface area (Å²) in [5, 5.41) is 0. The first-order valence-corrected chi connectivity index (χ1v) is 13.1. The standard InChI is InChI=1S/C27H40F4O3/c1-3-5-19-6-8-21(9-7-19)18-33-22-12-10-20(11-13-22)16-17-27(30,31)34-24-15-14-23(32-4-2)25(28)26(24)29/h14-15,19-22H,3-13,16-18H2,1-2H3. The van der Waals surface area contributed by atoms with Crippen LogP contribution >= 0.6 is 0 Å². The molecule has 194 valence electrons. The maximum Gasteiger partial charge on any atom is 0.397 e. The van der Waals surface area contributed by atoms with E-state index in [1.807, 2.05) is 0 Å². The van der Waals surface area contributed by atoms with Gasteiger partial charge in [0.2, 0.25) is 11.6 Å². The molecule has 2 aliphatic rings. The highest BCUT2D eigenvalue weighted by atomic mass is 19.3. The number of ether oxygens (including phenoxy) is 3. The van der Waals surface area contributed by atoms with Crippen LogP contribution in [0.25, 0.3) is 0 Å². The van der Waals surface area contributed by atoms with Crippen LogP contribution in [0.5, 0.6) is 11.5 Å². The normalized spacial score (nSPS) is 25.8. The van der Waals surface area contributed by atoms with Gasteiger partial charge in [0.1, 0.15) is 0 Å². The highest BCUT2D eigenvalue weighted by Crippen LogP contribution is 2.37. The van der Waals surface area contributed by atoms with Gasteiger partial charge >= 0.3 is 6.11 Å². The van der Waals surface area contributed by atoms with Crippen LogP contribution in [0.1, 0.15) is 90.9 Å². The minimum Gasteiger partial charge on any atom is -0.491 e. The van der Waals surface area contributed by atoms with Crippen molar-refractivity contribution >= 4 is 0 Å². The third-order valence-electron chi connectivity index (χ3n) is 7.44. The number of alkyl halides is 2. The maximum atomic E-state index is 14.3. The first kappa shape index (κ1) is 27.1. The summed E-state index contributed by atoms with van der Waals surface area (Å²) in [7, 11) is 0. The molecule has 0 aliphatic heterocycles. The van der Waals surface area contributed by atoms with Gasteiger partial charge in [-0.3, -0.25) is 0 Å². The van der Waals surface area contributed by atoms with E-state index in [1.165, 1.54) is 38.5 Å². The van der Waals surface area contributed by atoms with Gasteiger partial charge in [-0.25, -0.2) is 0 Å². The van der Waals surface area contributed by atoms with Crippen molar-refractivity contribution in [3.05, 3.63) is 23.8 Å². The van der Waals surface area contributed by atoms with Crippen molar-refractivity contribution in [1.29, 1.82) is 0 Å². The Labute approximate surface area is 201 Å². The van der Waals surface area contributed by atoms with Crippen LogP contribution in [0.15, 0.2) is 12.1 Å². The second-order valence-corrected chi connectivity index (χ2v) is 10.1. The zero-order chi connectivity index (χ0) is 24.6. The molecule has 1 aromatic carbocycles. The van der Waals surface area contributed by atoms with E-state index < -0.39 is 29.9 Å². The fourth-order valence-electron chi connectivity index (χ4n) is 5.40. The van der Waals surface area contributed by atoms with Gasteiger partial charge in [-0.2, -0.15) is 17.6 Å². The topological polar surface area (TPSA) is 27.7 Å². The molecule has 0 spiro atoms. The molecule has 0 radical (unpaired) electrons. The van der Waals surface area contributed by atoms with Gasteiger partial charge in [0.15, 0.2) is 11.5 Å². The van der Waals surface area contributed by atoms with Crippen molar-refractivity contribution < 1.29 is 31.8 Å². The van der Waals surface area contributed by atoms with Gasteiger partial charge in [-0.05, 0) is 81.8 Å². The zero-order valence-electron chi connectivity index (χ0n) is 20.6. The maximum absolute atomic E-state index is 14.3. The average molecular weight is 489 g/mol. The van der Waals surface area contributed by atoms with Gasteiger partial charge in [-0.15, -0.1) is 0 Å². The van der Waals surface area contributed by atoms with Gasteiger partial charge < -0.3 is 14.2 Å². The largest absolute Gasteiger partial charge is 0.491 e. The molecule has 1 aromatic rings. The predicted molar refractivity (Wildman–Crippen MR) is 124 cm³/mol. The van der Waals surface area contributed by atoms with E-state index in [4.69, 9.17) is 9.47 Å². The molecule has 7 heteroatoms. The van der Waals surface area contributed by atoms with Crippen LogP contribution in [0.4, 0.5) is 17.6 Å². The molecule has 0 aromatic heterocycles. The Hall–Kier alpha value is -1.50. The summed E-state index contributed by atoms with van der Waals surface area (Å²) < 4.78 is 72.4. The van der Waals surface area contributed by atoms with E-state index in [2.05, 4.69) is 11.7 Å². The summed E-state index contributed by atoms with van der Waals surface area (Å²) in [4.78, 5) is 0. The molecule has 3 rings (SSSR count). The average Bonchev–Trinajstić information content (AvgIpc) is 2.83. The summed E-state index contributed by atoms with van der Waals surface area (Å²) in [6, 6.07) is 2.08. The quantitative estimate of drug-likeness (QED) is 0.277. The van der Waals surface area contributed by atoms with Crippen molar-refractivity contribution in [3.8, 4) is 11.5 Å². The molecule has 2 aliphatic carbocycles. The van der Waals surface area contributed by atoms with Crippen molar-refractivity contribution in [1.82, 2.24) is 0 Å². The molecule has 0 saturated heterocycles. The summed E-state index contributed by atoms with van der Waals surface area (Å²) in [5.41, 5.74) is 0. The third kappa shape index (κ3) is 8.03. The minimum absolute atomic E-state index is 0.139. The fourth-order valence-corrected chi connectivity index (χ4v) is 5.40. The lowest BCUT2D eigenvalue weighted by Crippen LogP contribution is -2.29. The van der Waals surface area contributed by atoms with E-state index >= 15 is 0 Å².